The van der Waals surface area contributed by atoms with E-state index in [1.54, 1.807) is 17.0 Å². The number of halogens is 3. The predicted molar refractivity (Wildman–Crippen MR) is 111 cm³/mol. The first-order valence-electron chi connectivity index (χ1n) is 10.5. The number of likely N-dealkylation sites (tertiary alicyclic amines) is 1. The van der Waals surface area contributed by atoms with Gasteiger partial charge in [-0.05, 0) is 51.3 Å². The van der Waals surface area contributed by atoms with Crippen LogP contribution in [0.2, 0.25) is 0 Å². The maximum absolute atomic E-state index is 12.8. The molecule has 0 radical (unpaired) electrons. The molecule has 4 rings (SSSR count). The number of hydrogen-bond donors (Lipinski definition) is 0. The van der Waals surface area contributed by atoms with Crippen LogP contribution in [0.5, 0.6) is 0 Å². The average Bonchev–Trinajstić information content (AvgIpc) is 2.63. The van der Waals surface area contributed by atoms with Gasteiger partial charge in [-0.15, -0.1) is 0 Å². The Morgan fingerprint density at radius 2 is 1.81 bits per heavy atom. The molecule has 0 unspecified atom stereocenters. The zero-order chi connectivity index (χ0) is 22.4. The molecule has 1 aromatic heterocycles. The molecule has 2 fully saturated rings. The molecule has 168 valence electrons. The van der Waals surface area contributed by atoms with Gasteiger partial charge in [0.2, 0.25) is 0 Å². The lowest BCUT2D eigenvalue weighted by molar-refractivity contribution is -0.127. The summed E-state index contributed by atoms with van der Waals surface area (Å²) in [5.41, 5.74) is 0.423. The first-order chi connectivity index (χ1) is 14.4. The molecule has 0 atom stereocenters. The second-order valence-electron chi connectivity index (χ2n) is 9.66. The lowest BCUT2D eigenvalue weighted by Crippen LogP contribution is -2.61. The topological polar surface area (TPSA) is 58.6 Å². The van der Waals surface area contributed by atoms with Gasteiger partial charge >= 0.3 is 12.3 Å². The lowest BCUT2D eigenvalue weighted by Gasteiger charge is -2.54. The Hall–Kier alpha value is -2.58. The minimum Gasteiger partial charge on any atom is -0.444 e. The van der Waals surface area contributed by atoms with Gasteiger partial charge in [-0.3, -0.25) is 0 Å². The molecule has 3 heterocycles. The van der Waals surface area contributed by atoms with Crippen LogP contribution in [0.1, 0.15) is 39.2 Å². The van der Waals surface area contributed by atoms with Crippen LogP contribution >= 0.6 is 0 Å². The van der Waals surface area contributed by atoms with Gasteiger partial charge in [-0.2, -0.15) is 13.2 Å². The van der Waals surface area contributed by atoms with E-state index in [9.17, 15) is 18.0 Å². The summed E-state index contributed by atoms with van der Waals surface area (Å²) in [6, 6.07) is 4.64. The maximum atomic E-state index is 12.8. The van der Waals surface area contributed by atoms with Gasteiger partial charge in [0.15, 0.2) is 0 Å². The van der Waals surface area contributed by atoms with Gasteiger partial charge in [0, 0.05) is 37.0 Å². The number of nitrogens with zero attached hydrogens (tertiary/aromatic N) is 4. The number of fused-ring (bicyclic) bond motifs is 1. The van der Waals surface area contributed by atoms with Crippen molar-refractivity contribution < 1.29 is 22.7 Å². The number of carbonyl (C=O) groups excluding carboxylic acids is 1. The van der Waals surface area contributed by atoms with E-state index in [-0.39, 0.29) is 17.1 Å². The van der Waals surface area contributed by atoms with Crippen molar-refractivity contribution in [2.24, 2.45) is 5.41 Å². The standard InChI is InChI=1S/C22H27F3N4O2/c1-20(2,3)31-19(30)28-8-6-21(7-9-28)12-29(13-21)18-16-10-15(11-22(23,24)25)4-5-17(16)26-14-27-18/h4-5,10,14H,6-9,11-13H2,1-3H3. The Balaban J connectivity index is 1.43. The fourth-order valence-corrected chi connectivity index (χ4v) is 4.40. The summed E-state index contributed by atoms with van der Waals surface area (Å²) in [7, 11) is 0. The minimum absolute atomic E-state index is 0.0966. The predicted octanol–water partition coefficient (Wildman–Crippen LogP) is 4.57. The molecule has 1 amide bonds. The van der Waals surface area contributed by atoms with Crippen LogP contribution in [0.25, 0.3) is 10.9 Å². The molecule has 2 aromatic rings. The molecule has 2 aliphatic rings. The fourth-order valence-electron chi connectivity index (χ4n) is 4.40. The summed E-state index contributed by atoms with van der Waals surface area (Å²) in [6.45, 7) is 8.38. The summed E-state index contributed by atoms with van der Waals surface area (Å²) >= 11 is 0. The molecule has 2 aliphatic heterocycles. The quantitative estimate of drug-likeness (QED) is 0.690. The summed E-state index contributed by atoms with van der Waals surface area (Å²) in [5, 5.41) is 0.644. The fraction of sp³-hybridized carbons (Fsp3) is 0.591. The van der Waals surface area contributed by atoms with Gasteiger partial charge in [-0.1, -0.05) is 6.07 Å². The molecule has 1 aromatic carbocycles. The van der Waals surface area contributed by atoms with Crippen molar-refractivity contribution in [1.82, 2.24) is 14.9 Å². The Morgan fingerprint density at radius 3 is 2.42 bits per heavy atom. The second kappa shape index (κ2) is 7.53. The summed E-state index contributed by atoms with van der Waals surface area (Å²) in [5.74, 6) is 0.675. The van der Waals surface area contributed by atoms with E-state index in [0.29, 0.717) is 29.8 Å². The normalized spacial score (nSPS) is 18.9. The van der Waals surface area contributed by atoms with Crippen LogP contribution in [0.3, 0.4) is 0 Å². The van der Waals surface area contributed by atoms with E-state index in [0.717, 1.165) is 25.9 Å². The molecule has 31 heavy (non-hydrogen) atoms. The molecule has 6 nitrogen and oxygen atoms in total. The molecule has 0 N–H and O–H groups in total. The minimum atomic E-state index is -4.26. The molecule has 0 bridgehead atoms. The van der Waals surface area contributed by atoms with Crippen molar-refractivity contribution in [2.45, 2.75) is 51.8 Å². The number of piperidine rings is 1. The zero-order valence-electron chi connectivity index (χ0n) is 18.0. The molecule has 1 spiro atoms. The van der Waals surface area contributed by atoms with Gasteiger partial charge in [-0.25, -0.2) is 14.8 Å². The third-order valence-corrected chi connectivity index (χ3v) is 5.91. The van der Waals surface area contributed by atoms with E-state index >= 15 is 0 Å². The Labute approximate surface area is 179 Å². The Kier molecular flexibility index (Phi) is 5.26. The maximum Gasteiger partial charge on any atom is 0.410 e. The van der Waals surface area contributed by atoms with Crippen LogP contribution in [0.15, 0.2) is 24.5 Å². The molecular weight excluding hydrogens is 409 g/mol. The van der Waals surface area contributed by atoms with Crippen molar-refractivity contribution in [3.63, 3.8) is 0 Å². The number of rotatable bonds is 2. The molecule has 9 heteroatoms. The highest BCUT2D eigenvalue weighted by atomic mass is 19.4. The molecule has 2 saturated heterocycles. The van der Waals surface area contributed by atoms with E-state index in [1.165, 1.54) is 12.4 Å². The zero-order valence-corrected chi connectivity index (χ0v) is 18.0. The van der Waals surface area contributed by atoms with E-state index in [4.69, 9.17) is 4.74 Å². The number of benzene rings is 1. The van der Waals surface area contributed by atoms with Crippen LogP contribution < -0.4 is 4.90 Å². The Bertz CT molecular complexity index is 971. The SMILES string of the molecule is CC(C)(C)OC(=O)N1CCC2(CC1)CN(c1ncnc3ccc(CC(F)(F)F)cc13)C2. The first-order valence-corrected chi connectivity index (χ1v) is 10.5. The van der Waals surface area contributed by atoms with Crippen molar-refractivity contribution in [3.05, 3.63) is 30.1 Å². The monoisotopic (exact) mass is 436 g/mol. The van der Waals surface area contributed by atoms with Gasteiger partial charge in [0.25, 0.3) is 0 Å². The largest absolute Gasteiger partial charge is 0.444 e. The number of ether oxygens (including phenoxy) is 1. The molecule has 0 saturated carbocycles. The number of hydrogen-bond acceptors (Lipinski definition) is 5. The number of amides is 1. The van der Waals surface area contributed by atoms with Crippen molar-refractivity contribution in [1.29, 1.82) is 0 Å². The smallest absolute Gasteiger partial charge is 0.410 e. The summed E-state index contributed by atoms with van der Waals surface area (Å²) in [4.78, 5) is 24.7. The number of anilines is 1. The van der Waals surface area contributed by atoms with E-state index in [1.807, 2.05) is 20.8 Å². The highest BCUT2D eigenvalue weighted by Crippen LogP contribution is 2.43. The second-order valence-corrected chi connectivity index (χ2v) is 9.66. The van der Waals surface area contributed by atoms with Crippen LogP contribution in [-0.4, -0.2) is 58.9 Å². The third-order valence-electron chi connectivity index (χ3n) is 5.91. The van der Waals surface area contributed by atoms with E-state index in [2.05, 4.69) is 14.9 Å². The average molecular weight is 436 g/mol. The van der Waals surface area contributed by atoms with Gasteiger partial charge in [0.05, 0.1) is 11.9 Å². The van der Waals surface area contributed by atoms with Crippen molar-refractivity contribution in [2.75, 3.05) is 31.1 Å². The lowest BCUT2D eigenvalue weighted by atomic mass is 9.72. The van der Waals surface area contributed by atoms with Crippen LogP contribution in [0, 0.1) is 5.41 Å². The highest BCUT2D eigenvalue weighted by molar-refractivity contribution is 5.90. The van der Waals surface area contributed by atoms with Crippen LogP contribution in [0.4, 0.5) is 23.8 Å². The Morgan fingerprint density at radius 1 is 1.13 bits per heavy atom. The molecule has 0 aliphatic carbocycles. The van der Waals surface area contributed by atoms with Crippen molar-refractivity contribution >= 4 is 22.8 Å². The summed E-state index contributed by atoms with van der Waals surface area (Å²) in [6.07, 6.45) is -2.32. The van der Waals surface area contributed by atoms with E-state index < -0.39 is 18.2 Å². The van der Waals surface area contributed by atoms with Crippen molar-refractivity contribution in [3.8, 4) is 0 Å². The highest BCUT2D eigenvalue weighted by Gasteiger charge is 2.46. The van der Waals surface area contributed by atoms with Crippen LogP contribution in [-0.2, 0) is 11.2 Å². The number of alkyl halides is 3. The third kappa shape index (κ3) is 4.85. The van der Waals surface area contributed by atoms with Gasteiger partial charge in [0.1, 0.15) is 17.7 Å². The molecular formula is C22H27F3N4O2. The first kappa shape index (κ1) is 21.6. The summed E-state index contributed by atoms with van der Waals surface area (Å²) < 4.78 is 43.9. The number of carbonyl (C=O) groups is 1. The number of aromatic nitrogens is 2. The van der Waals surface area contributed by atoms with Gasteiger partial charge < -0.3 is 14.5 Å².